The van der Waals surface area contributed by atoms with E-state index in [-0.39, 0.29) is 0 Å². The number of thiophene rings is 2. The Kier molecular flexibility index (Phi) is 8.93. The van der Waals surface area contributed by atoms with E-state index in [0.717, 1.165) is 0 Å². The summed E-state index contributed by atoms with van der Waals surface area (Å²) < 4.78 is 11.2. The zero-order valence-electron chi connectivity index (χ0n) is 7.90. The van der Waals surface area contributed by atoms with Crippen molar-refractivity contribution in [2.45, 2.75) is 8.42 Å². The van der Waals surface area contributed by atoms with E-state index < -0.39 is 0 Å². The number of hydrogen-bond donors (Lipinski definition) is 0. The summed E-state index contributed by atoms with van der Waals surface area (Å²) in [7, 11) is 3.78. The molecule has 98 valence electrons. The number of hydrogen-bond acceptors (Lipinski definition) is 4. The molecule has 18 heavy (non-hydrogen) atoms. The summed E-state index contributed by atoms with van der Waals surface area (Å²) in [6.45, 7) is 0. The third-order valence-electron chi connectivity index (χ3n) is 1.65. The van der Waals surface area contributed by atoms with Gasteiger partial charge in [-0.2, -0.15) is 0 Å². The predicted octanol–water partition coefficient (Wildman–Crippen LogP) is 8.24. The molecular formula is C8I6S4. The molecule has 0 unspecified atom stereocenters. The maximum Gasteiger partial charge on any atom is 0.0865 e. The Morgan fingerprint density at radius 1 is 0.556 bits per heavy atom. The molecule has 0 aliphatic carbocycles. The number of rotatable bonds is 3. The molecule has 0 atom stereocenters. The van der Waals surface area contributed by atoms with Gasteiger partial charge in [-0.05, 0) is 157 Å². The van der Waals surface area contributed by atoms with E-state index in [0.29, 0.717) is 0 Å². The molecule has 0 spiro atoms. The van der Waals surface area contributed by atoms with Gasteiger partial charge < -0.3 is 0 Å². The van der Waals surface area contributed by atoms with Crippen LogP contribution in [0.3, 0.4) is 0 Å². The summed E-state index contributed by atoms with van der Waals surface area (Å²) in [6, 6.07) is 0. The third-order valence-corrected chi connectivity index (χ3v) is 19.9. The maximum atomic E-state index is 2.45. The first kappa shape index (κ1) is 18.8. The Labute approximate surface area is 203 Å². The maximum absolute atomic E-state index is 2.45. The van der Waals surface area contributed by atoms with E-state index in [9.17, 15) is 0 Å². The molecule has 0 aliphatic rings. The Hall–Kier alpha value is 4.48. The fourth-order valence-corrected chi connectivity index (χ4v) is 14.3. The molecule has 0 bridgehead atoms. The molecule has 2 heterocycles. The highest BCUT2D eigenvalue weighted by molar-refractivity contribution is 14.1. The van der Waals surface area contributed by atoms with Gasteiger partial charge in [-0.1, -0.05) is 0 Å². The highest BCUT2D eigenvalue weighted by atomic mass is 127. The standard InChI is InChI=1S/C8I6S4/c9-1-3(11)7(15-5(1)13)17-18-8-4(12)2(10)6(14)16-8. The van der Waals surface area contributed by atoms with Crippen LogP contribution in [0.1, 0.15) is 0 Å². The van der Waals surface area contributed by atoms with Crippen LogP contribution in [-0.2, 0) is 0 Å². The van der Waals surface area contributed by atoms with Gasteiger partial charge in [0.15, 0.2) is 0 Å². The molecule has 0 N–H and O–H groups in total. The SMILES string of the molecule is Ic1sc(SSc2sc(I)c(I)c2I)c(I)c1I. The van der Waals surface area contributed by atoms with Gasteiger partial charge in [0, 0.05) is 0 Å². The van der Waals surface area contributed by atoms with Crippen molar-refractivity contribution in [3.8, 4) is 0 Å². The molecule has 2 aromatic heterocycles. The van der Waals surface area contributed by atoms with Crippen LogP contribution < -0.4 is 0 Å². The van der Waals surface area contributed by atoms with Crippen molar-refractivity contribution >= 4 is 180 Å². The van der Waals surface area contributed by atoms with Crippen molar-refractivity contribution in [1.29, 1.82) is 0 Å². The molecule has 0 aliphatic heterocycles. The molecular weight excluding hydrogens is 986 g/mol. The van der Waals surface area contributed by atoms with E-state index in [1.165, 1.54) is 28.5 Å². The van der Waals surface area contributed by atoms with Gasteiger partial charge in [-0.15, -0.1) is 22.7 Å². The number of halogens is 6. The Bertz CT molecular complexity index is 537. The lowest BCUT2D eigenvalue weighted by molar-refractivity contribution is 1.57. The second-order valence-electron chi connectivity index (χ2n) is 2.75. The van der Waals surface area contributed by atoms with E-state index in [1.807, 2.05) is 44.3 Å². The van der Waals surface area contributed by atoms with Crippen molar-refractivity contribution in [3.05, 3.63) is 20.0 Å². The zero-order chi connectivity index (χ0) is 13.4. The summed E-state index contributed by atoms with van der Waals surface area (Å²) in [5, 5.41) is 0. The average molecular weight is 986 g/mol. The van der Waals surface area contributed by atoms with E-state index in [1.54, 1.807) is 0 Å². The highest BCUT2D eigenvalue weighted by Crippen LogP contribution is 2.49. The van der Waals surface area contributed by atoms with Crippen LogP contribution in [0.5, 0.6) is 0 Å². The van der Waals surface area contributed by atoms with Crippen LogP contribution in [0, 0.1) is 20.0 Å². The molecule has 2 rings (SSSR count). The lowest BCUT2D eigenvalue weighted by atomic mass is 10.7. The molecule has 0 aromatic carbocycles. The van der Waals surface area contributed by atoms with Crippen molar-refractivity contribution < 1.29 is 0 Å². The van der Waals surface area contributed by atoms with Crippen LogP contribution in [0.25, 0.3) is 0 Å². The third kappa shape index (κ3) is 4.52. The fourth-order valence-electron chi connectivity index (χ4n) is 0.877. The minimum atomic E-state index is 1.39. The average Bonchev–Trinajstić information content (AvgIpc) is 2.72. The van der Waals surface area contributed by atoms with Crippen LogP contribution >= 0.6 is 180 Å². The topological polar surface area (TPSA) is 0 Å². The summed E-state index contributed by atoms with van der Waals surface area (Å²) in [5.41, 5.74) is 0. The molecule has 0 fully saturated rings. The van der Waals surface area contributed by atoms with Crippen LogP contribution in [0.2, 0.25) is 0 Å². The molecule has 0 amide bonds. The highest BCUT2D eigenvalue weighted by Gasteiger charge is 2.17. The van der Waals surface area contributed by atoms with Crippen molar-refractivity contribution in [3.63, 3.8) is 0 Å². The minimum Gasteiger partial charge on any atom is -0.120 e. The smallest absolute Gasteiger partial charge is 0.0865 e. The molecule has 0 nitrogen and oxygen atoms in total. The van der Waals surface area contributed by atoms with Crippen molar-refractivity contribution in [2.75, 3.05) is 0 Å². The van der Waals surface area contributed by atoms with Crippen LogP contribution in [-0.4, -0.2) is 0 Å². The van der Waals surface area contributed by atoms with Gasteiger partial charge >= 0.3 is 0 Å². The first-order chi connectivity index (χ1) is 8.41. The van der Waals surface area contributed by atoms with Crippen molar-refractivity contribution in [2.24, 2.45) is 0 Å². The molecule has 2 aromatic rings. The fraction of sp³-hybridized carbons (Fsp3) is 0. The van der Waals surface area contributed by atoms with Gasteiger partial charge in [-0.3, -0.25) is 0 Å². The van der Waals surface area contributed by atoms with E-state index in [2.05, 4.69) is 136 Å². The Balaban J connectivity index is 2.16. The largest absolute Gasteiger partial charge is 0.120 e. The molecule has 0 radical (unpaired) electrons. The van der Waals surface area contributed by atoms with E-state index in [4.69, 9.17) is 0 Å². The minimum absolute atomic E-state index is 1.39. The van der Waals surface area contributed by atoms with Crippen LogP contribution in [0.4, 0.5) is 0 Å². The lowest BCUT2D eigenvalue weighted by Gasteiger charge is -1.97. The second kappa shape index (κ2) is 8.54. The summed E-state index contributed by atoms with van der Waals surface area (Å²) in [4.78, 5) is 0. The summed E-state index contributed by atoms with van der Waals surface area (Å²) in [6.07, 6.45) is 0. The van der Waals surface area contributed by atoms with Gasteiger partial charge in [0.25, 0.3) is 0 Å². The summed E-state index contributed by atoms with van der Waals surface area (Å²) in [5.74, 6) is 0. The molecule has 0 saturated heterocycles. The van der Waals surface area contributed by atoms with Gasteiger partial charge in [0.2, 0.25) is 0 Å². The normalized spacial score (nSPS) is 11.2. The molecule has 10 heteroatoms. The first-order valence-electron chi connectivity index (χ1n) is 4.03. The Morgan fingerprint density at radius 2 is 0.889 bits per heavy atom. The quantitative estimate of drug-likeness (QED) is 0.225. The Morgan fingerprint density at radius 3 is 1.11 bits per heavy atom. The predicted molar refractivity (Wildman–Crippen MR) is 137 cm³/mol. The molecule has 0 saturated carbocycles. The monoisotopic (exact) mass is 985 g/mol. The van der Waals surface area contributed by atoms with Crippen LogP contribution in [0.15, 0.2) is 8.42 Å². The van der Waals surface area contributed by atoms with Gasteiger partial charge in [-0.25, -0.2) is 0 Å². The van der Waals surface area contributed by atoms with Gasteiger partial charge in [0.1, 0.15) is 0 Å². The van der Waals surface area contributed by atoms with Crippen molar-refractivity contribution in [1.82, 2.24) is 0 Å². The second-order valence-corrected chi connectivity index (χ2v) is 15.4. The zero-order valence-corrected chi connectivity index (χ0v) is 24.1. The summed E-state index contributed by atoms with van der Waals surface area (Å²) >= 11 is 18.4. The van der Waals surface area contributed by atoms with Gasteiger partial charge in [0.05, 0.1) is 28.5 Å². The first-order valence-corrected chi connectivity index (χ1v) is 14.3. The lowest BCUT2D eigenvalue weighted by Crippen LogP contribution is -1.73. The van der Waals surface area contributed by atoms with E-state index >= 15 is 0 Å².